The molecule has 0 saturated carbocycles. The van der Waals surface area contributed by atoms with Crippen molar-refractivity contribution in [2.75, 3.05) is 11.9 Å². The number of carbonyl (C=O) groups excluding carboxylic acids is 2. The molecule has 226 valence electrons. The van der Waals surface area contributed by atoms with Crippen molar-refractivity contribution < 1.29 is 29.6 Å². The number of ether oxygens (including phenoxy) is 1. The number of aliphatic hydroxyl groups excluding tert-OH is 1. The summed E-state index contributed by atoms with van der Waals surface area (Å²) in [6.45, 7) is 18.4. The number of hydrogen-bond donors (Lipinski definition) is 4. The molecule has 1 fully saturated rings. The maximum atomic E-state index is 13.6. The van der Waals surface area contributed by atoms with E-state index in [2.05, 4.69) is 11.9 Å². The molecule has 1 aromatic carbocycles. The highest BCUT2D eigenvalue weighted by Gasteiger charge is 2.47. The number of aliphatic hydroxyl groups is 3. The van der Waals surface area contributed by atoms with Gasteiger partial charge in [-0.1, -0.05) is 58.4 Å². The van der Waals surface area contributed by atoms with Gasteiger partial charge in [-0.25, -0.2) is 4.79 Å². The molecule has 9 heteroatoms. The maximum Gasteiger partial charge on any atom is 0.322 e. The van der Waals surface area contributed by atoms with Crippen LogP contribution in [0.3, 0.4) is 0 Å². The molecule has 0 spiro atoms. The highest BCUT2D eigenvalue weighted by Crippen LogP contribution is 2.39. The largest absolute Gasteiger partial charge is 0.459 e. The van der Waals surface area contributed by atoms with E-state index < -0.39 is 47.4 Å². The molecule has 0 aromatic heterocycles. The number of rotatable bonds is 3. The predicted molar refractivity (Wildman–Crippen MR) is 159 cm³/mol. The summed E-state index contributed by atoms with van der Waals surface area (Å²) >= 11 is 6.11. The number of benzene rings is 1. The number of nitrogens with one attached hydrogen (secondary N) is 1. The van der Waals surface area contributed by atoms with Crippen molar-refractivity contribution in [3.05, 3.63) is 41.9 Å². The van der Waals surface area contributed by atoms with Crippen LogP contribution < -0.4 is 5.32 Å². The Balaban J connectivity index is 2.57. The molecular formula is C31H49ClN2O6. The molecule has 40 heavy (non-hydrogen) atoms. The summed E-state index contributed by atoms with van der Waals surface area (Å²) in [4.78, 5) is 28.4. The summed E-state index contributed by atoms with van der Waals surface area (Å²) in [5.74, 6) is -1.93. The average Bonchev–Trinajstić information content (AvgIpc) is 2.88. The van der Waals surface area contributed by atoms with Gasteiger partial charge in [-0.2, -0.15) is 0 Å². The minimum atomic E-state index is -1.87. The van der Waals surface area contributed by atoms with Crippen LogP contribution in [0.1, 0.15) is 68.2 Å². The molecule has 8 nitrogen and oxygen atoms in total. The number of nitrogens with zero attached hydrogens (tertiary/aromatic N) is 1. The normalized spacial score (nSPS) is 38.5. The van der Waals surface area contributed by atoms with Crippen molar-refractivity contribution >= 4 is 29.3 Å². The fraction of sp³-hybridized carbons (Fsp3) is 0.677. The van der Waals surface area contributed by atoms with Crippen LogP contribution in [0.15, 0.2) is 36.9 Å². The second-order valence-corrected chi connectivity index (χ2v) is 12.7. The summed E-state index contributed by atoms with van der Waals surface area (Å²) in [5, 5.41) is 38.0. The quantitative estimate of drug-likeness (QED) is 0.277. The zero-order valence-electron chi connectivity index (χ0n) is 25.2. The van der Waals surface area contributed by atoms with Crippen molar-refractivity contribution in [2.24, 2.45) is 29.6 Å². The summed E-state index contributed by atoms with van der Waals surface area (Å²) in [6, 6.07) is 5.36. The number of hydrogen-bond acceptors (Lipinski definition) is 6. The van der Waals surface area contributed by atoms with E-state index in [0.29, 0.717) is 17.1 Å². The van der Waals surface area contributed by atoms with E-state index in [4.69, 9.17) is 16.3 Å². The Morgan fingerprint density at radius 2 is 1.85 bits per heavy atom. The highest BCUT2D eigenvalue weighted by molar-refractivity contribution is 6.30. The number of halogens is 1. The van der Waals surface area contributed by atoms with Crippen LogP contribution in [0.25, 0.3) is 0 Å². The Morgan fingerprint density at radius 3 is 2.40 bits per heavy atom. The van der Waals surface area contributed by atoms with Crippen molar-refractivity contribution in [2.45, 2.75) is 97.7 Å². The minimum Gasteiger partial charge on any atom is -0.459 e. The molecule has 10 atom stereocenters. The third kappa shape index (κ3) is 7.78. The molecule has 0 radical (unpaired) electrons. The molecule has 1 aromatic rings. The highest BCUT2D eigenvalue weighted by atomic mass is 35.5. The van der Waals surface area contributed by atoms with Crippen LogP contribution in [0.4, 0.5) is 10.5 Å². The lowest BCUT2D eigenvalue weighted by atomic mass is 9.69. The Labute approximate surface area is 244 Å². The fourth-order valence-corrected chi connectivity index (χ4v) is 6.32. The zero-order valence-corrected chi connectivity index (χ0v) is 26.0. The summed E-state index contributed by atoms with van der Waals surface area (Å²) < 4.78 is 5.82. The topological polar surface area (TPSA) is 119 Å². The van der Waals surface area contributed by atoms with Gasteiger partial charge in [-0.05, 0) is 75.5 Å². The number of anilines is 1. The van der Waals surface area contributed by atoms with Gasteiger partial charge in [0, 0.05) is 17.3 Å². The van der Waals surface area contributed by atoms with Crippen molar-refractivity contribution in [1.82, 2.24) is 4.90 Å². The van der Waals surface area contributed by atoms with Crippen LogP contribution in [0, 0.1) is 29.6 Å². The molecule has 1 unspecified atom stereocenters. The number of amides is 2. The molecule has 2 amide bonds. The van der Waals surface area contributed by atoms with Crippen LogP contribution in [-0.2, 0) is 9.53 Å². The molecule has 1 aliphatic rings. The Morgan fingerprint density at radius 1 is 1.23 bits per heavy atom. The summed E-state index contributed by atoms with van der Waals surface area (Å²) in [7, 11) is 0. The molecule has 0 aliphatic carbocycles. The number of carbonyl (C=O) groups is 2. The smallest absolute Gasteiger partial charge is 0.322 e. The minimum absolute atomic E-state index is 0.125. The van der Waals surface area contributed by atoms with E-state index in [1.165, 1.54) is 11.8 Å². The van der Waals surface area contributed by atoms with Crippen LogP contribution in [0.5, 0.6) is 0 Å². The van der Waals surface area contributed by atoms with Gasteiger partial charge in [0.15, 0.2) is 0 Å². The van der Waals surface area contributed by atoms with E-state index in [1.807, 2.05) is 20.8 Å². The van der Waals surface area contributed by atoms with Crippen LogP contribution in [-0.4, -0.2) is 68.2 Å². The summed E-state index contributed by atoms with van der Waals surface area (Å²) in [6.07, 6.45) is -0.153. The second kappa shape index (κ2) is 13.7. The number of urea groups is 1. The lowest BCUT2D eigenvalue weighted by Gasteiger charge is -2.43. The molecule has 1 saturated heterocycles. The first-order chi connectivity index (χ1) is 18.5. The van der Waals surface area contributed by atoms with Gasteiger partial charge in [-0.3, -0.25) is 4.79 Å². The Bertz CT molecular complexity index is 1030. The SMILES string of the molecule is C=CC1[C@@H](C)C(=O)O[C@H](CC)[C@@](C)(O)[C@H](O)[C@@H](C)N(C(=O)Nc2cccc(Cl)c2)C[C@H](C)C[C@@](C)(O)[C@H](C)[C@H]1C. The van der Waals surface area contributed by atoms with E-state index >= 15 is 0 Å². The molecule has 4 N–H and O–H groups in total. The molecule has 1 heterocycles. The lowest BCUT2D eigenvalue weighted by Crippen LogP contribution is -2.61. The van der Waals surface area contributed by atoms with Crippen molar-refractivity contribution in [3.63, 3.8) is 0 Å². The first-order valence-electron chi connectivity index (χ1n) is 14.3. The average molecular weight is 581 g/mol. The first-order valence-corrected chi connectivity index (χ1v) is 14.6. The number of cyclic esters (lactones) is 1. The summed E-state index contributed by atoms with van der Waals surface area (Å²) in [5.41, 5.74) is -2.51. The second-order valence-electron chi connectivity index (χ2n) is 12.3. The molecule has 2 rings (SSSR count). The van der Waals surface area contributed by atoms with Crippen LogP contribution in [0.2, 0.25) is 5.02 Å². The maximum absolute atomic E-state index is 13.6. The predicted octanol–water partition coefficient (Wildman–Crippen LogP) is 5.50. The number of allylic oxidation sites excluding steroid dienone is 1. The zero-order chi connectivity index (χ0) is 30.6. The van der Waals surface area contributed by atoms with Gasteiger partial charge < -0.3 is 30.3 Å². The van der Waals surface area contributed by atoms with Crippen molar-refractivity contribution in [3.8, 4) is 0 Å². The molecular weight excluding hydrogens is 532 g/mol. The third-order valence-corrected chi connectivity index (χ3v) is 9.27. The third-order valence-electron chi connectivity index (χ3n) is 9.03. The van der Waals surface area contributed by atoms with Gasteiger partial charge in [0.05, 0.1) is 17.6 Å². The van der Waals surface area contributed by atoms with E-state index in [0.717, 1.165) is 0 Å². The monoisotopic (exact) mass is 580 g/mol. The first kappa shape index (κ1) is 34.1. The molecule has 0 bridgehead atoms. The Kier molecular flexibility index (Phi) is 11.7. The standard InChI is InChI=1S/C31H49ClN2O6/c1-10-25-19(4)21(6)30(8,38)16-18(3)17-34(29(37)33-24-14-12-13-23(32)15-24)22(7)27(35)31(9,39)26(11-2)40-28(36)20(25)5/h10,12-15,18-22,25-27,35,38-39H,1,11,16-17H2,2-9H3,(H,33,37)/t18-,19-,20-,21-,22-,25?,26-,27-,30-,31-/m1/s1. The van der Waals surface area contributed by atoms with Gasteiger partial charge in [0.1, 0.15) is 17.8 Å². The van der Waals surface area contributed by atoms with E-state index in [9.17, 15) is 24.9 Å². The van der Waals surface area contributed by atoms with E-state index in [-0.39, 0.29) is 36.6 Å². The van der Waals surface area contributed by atoms with Crippen LogP contribution >= 0.6 is 11.6 Å². The van der Waals surface area contributed by atoms with Gasteiger partial charge in [0.2, 0.25) is 0 Å². The van der Waals surface area contributed by atoms with Gasteiger partial charge >= 0.3 is 12.0 Å². The Hall–Kier alpha value is -2.13. The number of esters is 1. The lowest BCUT2D eigenvalue weighted by molar-refractivity contribution is -0.189. The fourth-order valence-electron chi connectivity index (χ4n) is 6.13. The van der Waals surface area contributed by atoms with Gasteiger partial charge in [0.25, 0.3) is 0 Å². The molecule has 1 aliphatic heterocycles. The van der Waals surface area contributed by atoms with E-state index in [1.54, 1.807) is 58.0 Å². The van der Waals surface area contributed by atoms with Gasteiger partial charge in [-0.15, -0.1) is 6.58 Å². The van der Waals surface area contributed by atoms with Crippen molar-refractivity contribution in [1.29, 1.82) is 0 Å².